The van der Waals surface area contributed by atoms with Crippen LogP contribution < -0.4 is 23.8 Å². The van der Waals surface area contributed by atoms with Gasteiger partial charge >= 0.3 is 0 Å². The lowest BCUT2D eigenvalue weighted by molar-refractivity contribution is -0.132. The number of fused-ring (bicyclic) bond motifs is 1. The van der Waals surface area contributed by atoms with Crippen LogP contribution in [0.1, 0.15) is 31.0 Å². The second-order valence-corrected chi connectivity index (χ2v) is 8.79. The molecule has 0 saturated carbocycles. The summed E-state index contributed by atoms with van der Waals surface area (Å²) in [4.78, 5) is 28.1. The fourth-order valence-electron chi connectivity index (χ4n) is 4.46. The summed E-state index contributed by atoms with van der Waals surface area (Å²) in [6, 6.07) is 14.3. The van der Waals surface area contributed by atoms with Crippen molar-refractivity contribution in [2.45, 2.75) is 26.0 Å². The lowest BCUT2D eigenvalue weighted by atomic mass is 9.94. The Balaban J connectivity index is 1.70. The molecule has 0 spiro atoms. The van der Waals surface area contributed by atoms with Gasteiger partial charge in [0.2, 0.25) is 6.79 Å². The quantitative estimate of drug-likeness (QED) is 0.287. The van der Waals surface area contributed by atoms with Crippen molar-refractivity contribution in [3.8, 4) is 23.0 Å². The van der Waals surface area contributed by atoms with Gasteiger partial charge in [-0.1, -0.05) is 12.1 Å². The molecule has 8 nitrogen and oxygen atoms in total. The van der Waals surface area contributed by atoms with Gasteiger partial charge in [0.15, 0.2) is 11.5 Å². The van der Waals surface area contributed by atoms with Crippen LogP contribution in [-0.4, -0.2) is 36.8 Å². The Kier molecular flexibility index (Phi) is 6.20. The molecule has 0 bridgehead atoms. The first-order chi connectivity index (χ1) is 17.8. The van der Waals surface area contributed by atoms with Gasteiger partial charge in [0, 0.05) is 11.8 Å². The highest BCUT2D eigenvalue weighted by Gasteiger charge is 2.47. The standard InChI is InChI=1S/C28H24FNO7/c1-15(2)37-19-8-4-16(5-9-19)25-24(26(31)20-12-17(29)6-10-21(20)34-3)27(32)28(33)30(25)18-7-11-22-23(13-18)36-14-35-22/h4-13,15,25,31H,14H2,1-3H3/b26-24+. The van der Waals surface area contributed by atoms with Crippen LogP contribution in [0, 0.1) is 5.82 Å². The molecule has 1 unspecified atom stereocenters. The van der Waals surface area contributed by atoms with Gasteiger partial charge in [-0.2, -0.15) is 0 Å². The van der Waals surface area contributed by atoms with E-state index in [2.05, 4.69) is 0 Å². The first-order valence-corrected chi connectivity index (χ1v) is 11.6. The molecule has 3 aromatic carbocycles. The van der Waals surface area contributed by atoms with Gasteiger partial charge in [-0.15, -0.1) is 0 Å². The topological polar surface area (TPSA) is 94.5 Å². The van der Waals surface area contributed by atoms with Crippen molar-refractivity contribution in [2.75, 3.05) is 18.8 Å². The van der Waals surface area contributed by atoms with E-state index in [1.54, 1.807) is 42.5 Å². The van der Waals surface area contributed by atoms with Crippen LogP contribution in [0.4, 0.5) is 10.1 Å². The summed E-state index contributed by atoms with van der Waals surface area (Å²) in [6.07, 6.45) is -0.0504. The Morgan fingerprint density at radius 2 is 1.76 bits per heavy atom. The van der Waals surface area contributed by atoms with Crippen molar-refractivity contribution in [2.24, 2.45) is 0 Å². The van der Waals surface area contributed by atoms with Gasteiger partial charge in [0.05, 0.1) is 30.4 Å². The van der Waals surface area contributed by atoms with Crippen LogP contribution in [-0.2, 0) is 9.59 Å². The lowest BCUT2D eigenvalue weighted by Crippen LogP contribution is -2.29. The van der Waals surface area contributed by atoms with Gasteiger partial charge in [0.25, 0.3) is 11.7 Å². The number of benzene rings is 3. The third-order valence-electron chi connectivity index (χ3n) is 6.06. The summed E-state index contributed by atoms with van der Waals surface area (Å²) in [5.74, 6) is -1.29. The monoisotopic (exact) mass is 505 g/mol. The highest BCUT2D eigenvalue weighted by molar-refractivity contribution is 6.51. The van der Waals surface area contributed by atoms with E-state index in [1.807, 2.05) is 13.8 Å². The molecule has 1 fully saturated rings. The molecular formula is C28H24FNO7. The lowest BCUT2D eigenvalue weighted by Gasteiger charge is -2.26. The molecule has 37 heavy (non-hydrogen) atoms. The zero-order valence-electron chi connectivity index (χ0n) is 20.4. The number of hydrogen-bond acceptors (Lipinski definition) is 7. The molecule has 190 valence electrons. The third-order valence-corrected chi connectivity index (χ3v) is 6.06. The zero-order chi connectivity index (χ0) is 26.3. The van der Waals surface area contributed by atoms with Gasteiger partial charge in [0.1, 0.15) is 23.1 Å². The van der Waals surface area contributed by atoms with Gasteiger partial charge < -0.3 is 24.1 Å². The smallest absolute Gasteiger partial charge is 0.300 e. The van der Waals surface area contributed by atoms with Crippen molar-refractivity contribution in [1.82, 2.24) is 0 Å². The van der Waals surface area contributed by atoms with Crippen LogP contribution >= 0.6 is 0 Å². The molecular weight excluding hydrogens is 481 g/mol. The number of ether oxygens (including phenoxy) is 4. The maximum atomic E-state index is 14.2. The Labute approximate surface area is 212 Å². The number of carbonyl (C=O) groups excluding carboxylic acids is 2. The molecule has 0 aromatic heterocycles. The van der Waals surface area contributed by atoms with E-state index in [1.165, 1.54) is 24.1 Å². The van der Waals surface area contributed by atoms with Gasteiger partial charge in [-0.25, -0.2) is 4.39 Å². The summed E-state index contributed by atoms with van der Waals surface area (Å²) in [7, 11) is 1.36. The molecule has 2 heterocycles. The number of amides is 1. The van der Waals surface area contributed by atoms with Crippen LogP contribution in [0.2, 0.25) is 0 Å². The number of aliphatic hydroxyl groups is 1. The maximum absolute atomic E-state index is 14.2. The van der Waals surface area contributed by atoms with Crippen molar-refractivity contribution in [3.05, 3.63) is 83.2 Å². The summed E-state index contributed by atoms with van der Waals surface area (Å²) in [6.45, 7) is 3.83. The predicted octanol–water partition coefficient (Wildman–Crippen LogP) is 4.98. The Morgan fingerprint density at radius 1 is 1.03 bits per heavy atom. The molecule has 1 amide bonds. The Bertz CT molecular complexity index is 1410. The molecule has 3 aromatic rings. The number of hydrogen-bond donors (Lipinski definition) is 1. The van der Waals surface area contributed by atoms with Crippen molar-refractivity contribution >= 4 is 23.1 Å². The first kappa shape index (κ1) is 24.2. The van der Waals surface area contributed by atoms with Gasteiger partial charge in [-0.3, -0.25) is 14.5 Å². The first-order valence-electron chi connectivity index (χ1n) is 11.6. The highest BCUT2D eigenvalue weighted by Crippen LogP contribution is 2.45. The Morgan fingerprint density at radius 3 is 2.46 bits per heavy atom. The number of ketones is 1. The molecule has 5 rings (SSSR count). The summed E-state index contributed by atoms with van der Waals surface area (Å²) in [5.41, 5.74) is 0.647. The number of nitrogens with zero attached hydrogens (tertiary/aromatic N) is 1. The number of rotatable bonds is 6. The van der Waals surface area contributed by atoms with Crippen LogP contribution in [0.25, 0.3) is 5.76 Å². The number of methoxy groups -OCH3 is 1. The fourth-order valence-corrected chi connectivity index (χ4v) is 4.46. The van der Waals surface area contributed by atoms with Crippen LogP contribution in [0.15, 0.2) is 66.2 Å². The summed E-state index contributed by atoms with van der Waals surface area (Å²) in [5, 5.41) is 11.3. The van der Waals surface area contributed by atoms with Crippen molar-refractivity contribution in [1.29, 1.82) is 0 Å². The molecule has 1 atom stereocenters. The second kappa shape index (κ2) is 9.50. The number of carbonyl (C=O) groups is 2. The second-order valence-electron chi connectivity index (χ2n) is 8.79. The molecule has 9 heteroatoms. The minimum absolute atomic E-state index is 0.0394. The van der Waals surface area contributed by atoms with E-state index in [4.69, 9.17) is 18.9 Å². The maximum Gasteiger partial charge on any atom is 0.300 e. The average molecular weight is 505 g/mol. The van der Waals surface area contributed by atoms with Crippen molar-refractivity contribution < 1.29 is 38.0 Å². The minimum Gasteiger partial charge on any atom is -0.507 e. The SMILES string of the molecule is COc1ccc(F)cc1/C(O)=C1\C(=O)C(=O)N(c2ccc3c(c2)OCO3)C1c1ccc(OC(C)C)cc1. The molecule has 0 aliphatic carbocycles. The van der Waals surface area contributed by atoms with Gasteiger partial charge in [-0.05, 0) is 61.9 Å². The summed E-state index contributed by atoms with van der Waals surface area (Å²) < 4.78 is 36.0. The van der Waals surface area contributed by atoms with E-state index in [9.17, 15) is 19.1 Å². The van der Waals surface area contributed by atoms with E-state index in [0.717, 1.165) is 6.07 Å². The third kappa shape index (κ3) is 4.33. The predicted molar refractivity (Wildman–Crippen MR) is 133 cm³/mol. The molecule has 1 saturated heterocycles. The van der Waals surface area contributed by atoms with E-state index in [0.29, 0.717) is 28.5 Å². The number of aliphatic hydroxyl groups excluding tert-OH is 1. The largest absolute Gasteiger partial charge is 0.507 e. The molecule has 2 aliphatic rings. The average Bonchev–Trinajstić information content (AvgIpc) is 3.45. The van der Waals surface area contributed by atoms with Crippen molar-refractivity contribution in [3.63, 3.8) is 0 Å². The normalized spacial score (nSPS) is 18.0. The van der Waals surface area contributed by atoms with E-state index >= 15 is 0 Å². The van der Waals surface area contributed by atoms with Crippen LogP contribution in [0.3, 0.4) is 0 Å². The molecule has 1 N–H and O–H groups in total. The minimum atomic E-state index is -1.03. The highest BCUT2D eigenvalue weighted by atomic mass is 19.1. The molecule has 2 aliphatic heterocycles. The zero-order valence-corrected chi connectivity index (χ0v) is 20.4. The fraction of sp³-hybridized carbons (Fsp3) is 0.214. The van der Waals surface area contributed by atoms with Crippen LogP contribution in [0.5, 0.6) is 23.0 Å². The Hall–Kier alpha value is -4.53. The summed E-state index contributed by atoms with van der Waals surface area (Å²) >= 11 is 0. The number of halogens is 1. The number of anilines is 1. The van der Waals surface area contributed by atoms with E-state index in [-0.39, 0.29) is 29.8 Å². The number of Topliss-reactive ketones (excluding diaryl/α,β-unsaturated/α-hetero) is 1. The van der Waals surface area contributed by atoms with E-state index < -0.39 is 29.3 Å². The molecule has 0 radical (unpaired) electrons.